The number of benzene rings is 1. The first-order chi connectivity index (χ1) is 17.0. The van der Waals surface area contributed by atoms with Crippen molar-refractivity contribution in [1.82, 2.24) is 29.2 Å². The normalized spacial score (nSPS) is 11.9. The number of fused-ring (bicyclic) bond motifs is 1. The highest BCUT2D eigenvalue weighted by Gasteiger charge is 2.24. The van der Waals surface area contributed by atoms with Crippen molar-refractivity contribution in [1.29, 1.82) is 0 Å². The van der Waals surface area contributed by atoms with E-state index in [1.54, 1.807) is 49.1 Å². The average molecular weight is 497 g/mol. The Kier molecular flexibility index (Phi) is 7.34. The molecule has 182 valence electrons. The lowest BCUT2D eigenvalue weighted by Crippen LogP contribution is -2.18. The number of methoxy groups -OCH3 is 2. The van der Waals surface area contributed by atoms with Gasteiger partial charge in [-0.3, -0.25) is 9.12 Å². The number of imidazole rings is 1. The van der Waals surface area contributed by atoms with Crippen molar-refractivity contribution in [3.8, 4) is 34.6 Å². The van der Waals surface area contributed by atoms with Gasteiger partial charge in [0.2, 0.25) is 17.1 Å². The van der Waals surface area contributed by atoms with E-state index in [-0.39, 0.29) is 6.54 Å². The maximum atomic E-state index is 11.2. The minimum Gasteiger partial charge on any atom is -0.494 e. The first-order valence-corrected chi connectivity index (χ1v) is 11.7. The van der Waals surface area contributed by atoms with E-state index in [4.69, 9.17) is 24.2 Å². The second-order valence-corrected chi connectivity index (χ2v) is 7.84. The van der Waals surface area contributed by atoms with Crippen LogP contribution in [0.4, 0.5) is 0 Å². The Bertz CT molecular complexity index is 1380. The van der Waals surface area contributed by atoms with E-state index in [1.807, 2.05) is 13.0 Å². The van der Waals surface area contributed by atoms with Crippen LogP contribution in [0.3, 0.4) is 0 Å². The summed E-state index contributed by atoms with van der Waals surface area (Å²) < 4.78 is 41.5. The highest BCUT2D eigenvalue weighted by Crippen LogP contribution is 2.38. The molecule has 0 aliphatic carbocycles. The Hall–Kier alpha value is -3.87. The summed E-state index contributed by atoms with van der Waals surface area (Å²) in [6, 6.07) is 10.8. The Morgan fingerprint density at radius 1 is 1.09 bits per heavy atom. The summed E-state index contributed by atoms with van der Waals surface area (Å²) in [7, 11) is 3.11. The molecule has 11 nitrogen and oxygen atoms in total. The minimum absolute atomic E-state index is 0.0188. The molecule has 0 spiro atoms. The van der Waals surface area contributed by atoms with Crippen molar-refractivity contribution in [2.24, 2.45) is 0 Å². The quantitative estimate of drug-likeness (QED) is 0.318. The van der Waals surface area contributed by atoms with Crippen molar-refractivity contribution in [3.05, 3.63) is 54.4 Å². The maximum absolute atomic E-state index is 11.2. The van der Waals surface area contributed by atoms with Crippen LogP contribution in [-0.4, -0.2) is 54.1 Å². The first kappa shape index (κ1) is 24.3. The van der Waals surface area contributed by atoms with Crippen molar-refractivity contribution in [2.45, 2.75) is 13.5 Å². The van der Waals surface area contributed by atoms with Gasteiger partial charge in [0.1, 0.15) is 22.9 Å². The molecule has 0 saturated heterocycles. The molecule has 2 N–H and O–H groups in total. The van der Waals surface area contributed by atoms with Crippen LogP contribution >= 0.6 is 0 Å². The van der Waals surface area contributed by atoms with E-state index in [0.717, 1.165) is 0 Å². The van der Waals surface area contributed by atoms with Gasteiger partial charge in [0, 0.05) is 6.07 Å². The summed E-state index contributed by atoms with van der Waals surface area (Å²) >= 11 is -2.23. The zero-order valence-electron chi connectivity index (χ0n) is 19.4. The molecule has 1 aromatic carbocycles. The van der Waals surface area contributed by atoms with Gasteiger partial charge in [0.25, 0.3) is 0 Å². The van der Waals surface area contributed by atoms with Crippen molar-refractivity contribution in [2.75, 3.05) is 20.8 Å². The van der Waals surface area contributed by atoms with Gasteiger partial charge in [0.15, 0.2) is 17.1 Å². The molecule has 0 fully saturated rings. The van der Waals surface area contributed by atoms with E-state index in [1.165, 1.54) is 6.08 Å². The summed E-state index contributed by atoms with van der Waals surface area (Å²) in [6.45, 7) is 6.10. The summed E-state index contributed by atoms with van der Waals surface area (Å²) in [4.78, 5) is 18.7. The molecule has 1 atom stereocenters. The zero-order valence-corrected chi connectivity index (χ0v) is 20.2. The molecule has 0 aliphatic rings. The predicted molar refractivity (Wildman–Crippen MR) is 132 cm³/mol. The number of nitrogens with one attached hydrogen (secondary N) is 1. The molecule has 0 bridgehead atoms. The smallest absolute Gasteiger partial charge is 0.232 e. The third-order valence-electron chi connectivity index (χ3n) is 5.03. The second-order valence-electron chi connectivity index (χ2n) is 7.05. The third kappa shape index (κ3) is 4.85. The van der Waals surface area contributed by atoms with Gasteiger partial charge in [-0.1, -0.05) is 18.7 Å². The van der Waals surface area contributed by atoms with E-state index in [9.17, 15) is 8.76 Å². The topological polar surface area (TPSA) is 134 Å². The van der Waals surface area contributed by atoms with Crippen LogP contribution in [0.25, 0.3) is 34.6 Å². The highest BCUT2D eigenvalue weighted by atomic mass is 32.2. The average Bonchev–Trinajstić information content (AvgIpc) is 3.24. The summed E-state index contributed by atoms with van der Waals surface area (Å²) in [5, 5.41) is 0. The van der Waals surface area contributed by atoms with Crippen LogP contribution in [-0.2, 0) is 17.8 Å². The molecular formula is C23H24N6O5S. The molecule has 12 heteroatoms. The van der Waals surface area contributed by atoms with Gasteiger partial charge >= 0.3 is 0 Å². The van der Waals surface area contributed by atoms with Gasteiger partial charge in [-0.25, -0.2) is 28.9 Å². The zero-order chi connectivity index (χ0) is 24.9. The second kappa shape index (κ2) is 10.6. The maximum Gasteiger partial charge on any atom is 0.232 e. The van der Waals surface area contributed by atoms with Crippen LogP contribution in [0.15, 0.2) is 43.0 Å². The molecule has 3 aromatic heterocycles. The predicted octanol–water partition coefficient (Wildman–Crippen LogP) is 3.16. The monoisotopic (exact) mass is 496 g/mol. The highest BCUT2D eigenvalue weighted by molar-refractivity contribution is 7.77. The number of pyridine rings is 1. The summed E-state index contributed by atoms with van der Waals surface area (Å²) in [6.07, 6.45) is 1.51. The molecule has 0 radical (unpaired) electrons. The van der Waals surface area contributed by atoms with Crippen LogP contribution in [0, 0.1) is 0 Å². The first-order valence-electron chi connectivity index (χ1n) is 10.6. The van der Waals surface area contributed by atoms with Crippen LogP contribution in [0.5, 0.6) is 17.4 Å². The van der Waals surface area contributed by atoms with Gasteiger partial charge < -0.3 is 14.2 Å². The number of rotatable bonds is 10. The van der Waals surface area contributed by atoms with Crippen LogP contribution in [0.2, 0.25) is 0 Å². The molecule has 3 heterocycles. The van der Waals surface area contributed by atoms with E-state index in [2.05, 4.69) is 21.3 Å². The Morgan fingerprint density at radius 3 is 2.43 bits per heavy atom. The number of hydrogen-bond donors (Lipinski definition) is 2. The number of nitrogens with zero attached hydrogens (tertiary/aromatic N) is 5. The minimum atomic E-state index is -2.23. The Morgan fingerprint density at radius 2 is 1.80 bits per heavy atom. The largest absolute Gasteiger partial charge is 0.494 e. The molecule has 4 aromatic rings. The van der Waals surface area contributed by atoms with Crippen LogP contribution in [0.1, 0.15) is 18.3 Å². The van der Waals surface area contributed by atoms with Crippen molar-refractivity contribution in [3.63, 3.8) is 0 Å². The summed E-state index contributed by atoms with van der Waals surface area (Å²) in [5.74, 6) is 1.89. The molecular weight excluding hydrogens is 472 g/mol. The Labute approximate surface area is 204 Å². The fourth-order valence-electron chi connectivity index (χ4n) is 3.57. The third-order valence-corrected chi connectivity index (χ3v) is 5.42. The standard InChI is InChI=1S/C23H24N6O5S/c1-5-14-16(13-24-35(30)31)27-23-21(26-14)28-22(15-9-7-12-19(25-15)34-6-2)29(23)20-17(32-3)10-8-11-18(20)33-4/h5,7-12,24H,1,6,13H2,2-4H3,(H,30,31). The molecule has 1 unspecified atom stereocenters. The molecule has 0 amide bonds. The molecule has 0 saturated carbocycles. The lowest BCUT2D eigenvalue weighted by molar-refractivity contribution is 0.327. The van der Waals surface area contributed by atoms with E-state index >= 15 is 0 Å². The van der Waals surface area contributed by atoms with Gasteiger partial charge in [0.05, 0.1) is 38.8 Å². The molecule has 4 rings (SSSR count). The van der Waals surface area contributed by atoms with E-state index < -0.39 is 11.3 Å². The van der Waals surface area contributed by atoms with Crippen molar-refractivity contribution >= 4 is 28.6 Å². The SMILES string of the molecule is C=Cc1nc2nc(-c3cccc(OCC)n3)n(-c3c(OC)cccc3OC)c2nc1CNS(=O)O. The number of ether oxygens (including phenoxy) is 3. The van der Waals surface area contributed by atoms with E-state index in [0.29, 0.717) is 63.9 Å². The number of hydrogen-bond acceptors (Lipinski definition) is 8. The fraction of sp³-hybridized carbons (Fsp3) is 0.217. The number of aromatic nitrogens is 5. The molecule has 0 aliphatic heterocycles. The number of para-hydroxylation sites is 1. The summed E-state index contributed by atoms with van der Waals surface area (Å²) in [5.41, 5.74) is 2.59. The van der Waals surface area contributed by atoms with Crippen LogP contribution < -0.4 is 18.9 Å². The van der Waals surface area contributed by atoms with Gasteiger partial charge in [-0.2, -0.15) is 0 Å². The fourth-order valence-corrected chi connectivity index (χ4v) is 3.83. The molecule has 35 heavy (non-hydrogen) atoms. The lowest BCUT2D eigenvalue weighted by atomic mass is 10.2. The lowest BCUT2D eigenvalue weighted by Gasteiger charge is -2.16. The van der Waals surface area contributed by atoms with Crippen molar-refractivity contribution < 1.29 is 23.0 Å². The van der Waals surface area contributed by atoms with Gasteiger partial charge in [-0.05, 0) is 31.2 Å². The Balaban J connectivity index is 2.07. The van der Waals surface area contributed by atoms with Gasteiger partial charge in [-0.15, -0.1) is 0 Å².